The van der Waals surface area contributed by atoms with E-state index in [-0.39, 0.29) is 6.10 Å². The molecule has 0 spiro atoms. The number of halogens is 1. The maximum Gasteiger partial charge on any atom is 0.161 e. The number of morpholine rings is 1. The van der Waals surface area contributed by atoms with Gasteiger partial charge in [0.15, 0.2) is 5.82 Å². The van der Waals surface area contributed by atoms with Crippen LogP contribution in [0.25, 0.3) is 0 Å². The van der Waals surface area contributed by atoms with Crippen molar-refractivity contribution in [2.75, 3.05) is 38.6 Å². The van der Waals surface area contributed by atoms with Gasteiger partial charge in [-0.15, -0.1) is 0 Å². The van der Waals surface area contributed by atoms with Crippen LogP contribution in [0.4, 0.5) is 5.82 Å². The van der Waals surface area contributed by atoms with Gasteiger partial charge in [0.1, 0.15) is 11.9 Å². The summed E-state index contributed by atoms with van der Waals surface area (Å²) in [6, 6.07) is 0. The second kappa shape index (κ2) is 7.00. The average Bonchev–Trinajstić information content (AvgIpc) is 2.41. The van der Waals surface area contributed by atoms with E-state index in [1.807, 2.05) is 0 Å². The molecule has 5 nitrogen and oxygen atoms in total. The molecule has 0 amide bonds. The highest BCUT2D eigenvalue weighted by Gasteiger charge is 2.25. The summed E-state index contributed by atoms with van der Waals surface area (Å²) in [5.41, 5.74) is 1.10. The highest BCUT2D eigenvalue weighted by Crippen LogP contribution is 2.28. The minimum atomic E-state index is -0.0272. The Kier molecular flexibility index (Phi) is 5.57. The lowest BCUT2D eigenvalue weighted by atomic mass is 10.1. The van der Waals surface area contributed by atoms with Crippen LogP contribution >= 0.6 is 22.6 Å². The van der Waals surface area contributed by atoms with E-state index in [4.69, 9.17) is 9.72 Å². The van der Waals surface area contributed by atoms with Gasteiger partial charge in [-0.2, -0.15) is 0 Å². The number of aromatic nitrogens is 2. The fraction of sp³-hybridized carbons (Fsp3) is 0.714. The number of nitrogens with zero attached hydrogens (tertiary/aromatic N) is 3. The summed E-state index contributed by atoms with van der Waals surface area (Å²) in [4.78, 5) is 11.7. The summed E-state index contributed by atoms with van der Waals surface area (Å²) >= 11 is 2.33. The van der Waals surface area contributed by atoms with Crippen molar-refractivity contribution in [3.05, 3.63) is 15.1 Å². The first-order valence-electron chi connectivity index (χ1n) is 7.14. The Hall–Kier alpha value is -0.470. The van der Waals surface area contributed by atoms with Gasteiger partial charge in [-0.3, -0.25) is 0 Å². The summed E-state index contributed by atoms with van der Waals surface area (Å²) in [7, 11) is 2.11. The third kappa shape index (κ3) is 3.59. The van der Waals surface area contributed by atoms with Crippen LogP contribution < -0.4 is 5.32 Å². The predicted molar refractivity (Wildman–Crippen MR) is 89.2 cm³/mol. The average molecular weight is 390 g/mol. The van der Waals surface area contributed by atoms with E-state index in [0.717, 1.165) is 47.1 Å². The van der Waals surface area contributed by atoms with E-state index in [2.05, 4.69) is 65.6 Å². The molecule has 1 fully saturated rings. The minimum Gasteiger partial charge on any atom is -0.369 e. The van der Waals surface area contributed by atoms with Crippen molar-refractivity contribution < 1.29 is 4.74 Å². The summed E-state index contributed by atoms with van der Waals surface area (Å²) in [5, 5.41) is 3.33. The Labute approximate surface area is 134 Å². The molecular formula is C14H23IN4O. The summed E-state index contributed by atoms with van der Waals surface area (Å²) in [5.74, 6) is 2.11. The van der Waals surface area contributed by atoms with Crippen molar-refractivity contribution >= 4 is 28.4 Å². The van der Waals surface area contributed by atoms with Crippen LogP contribution in [0.2, 0.25) is 0 Å². The van der Waals surface area contributed by atoms with Gasteiger partial charge in [0, 0.05) is 19.6 Å². The van der Waals surface area contributed by atoms with E-state index >= 15 is 0 Å². The summed E-state index contributed by atoms with van der Waals surface area (Å²) < 4.78 is 6.96. The molecule has 20 heavy (non-hydrogen) atoms. The van der Waals surface area contributed by atoms with E-state index in [0.29, 0.717) is 5.92 Å². The molecule has 112 valence electrons. The normalized spacial score (nSPS) is 20.4. The number of hydrogen-bond acceptors (Lipinski definition) is 5. The standard InChI is InChI=1S/C14H23IN4O/c1-5-16-14-11(15)12(9(2)3)17-13(18-14)10-8-19(4)6-7-20-10/h9-10H,5-8H2,1-4H3,(H,16,17,18). The van der Waals surface area contributed by atoms with Crippen LogP contribution in [0, 0.1) is 3.57 Å². The third-order valence-corrected chi connectivity index (χ3v) is 4.41. The number of nitrogens with one attached hydrogen (secondary N) is 1. The van der Waals surface area contributed by atoms with Gasteiger partial charge in [-0.1, -0.05) is 13.8 Å². The van der Waals surface area contributed by atoms with E-state index in [1.54, 1.807) is 0 Å². The molecular weight excluding hydrogens is 367 g/mol. The Bertz CT molecular complexity index is 467. The maximum atomic E-state index is 5.85. The molecule has 1 saturated heterocycles. The monoisotopic (exact) mass is 390 g/mol. The molecule has 0 bridgehead atoms. The van der Waals surface area contributed by atoms with E-state index < -0.39 is 0 Å². The van der Waals surface area contributed by atoms with Crippen molar-refractivity contribution in [2.45, 2.75) is 32.8 Å². The summed E-state index contributed by atoms with van der Waals surface area (Å²) in [6.07, 6.45) is -0.0272. The Morgan fingerprint density at radius 3 is 2.80 bits per heavy atom. The molecule has 0 aromatic carbocycles. The van der Waals surface area contributed by atoms with Gasteiger partial charge in [0.25, 0.3) is 0 Å². The Morgan fingerprint density at radius 1 is 1.45 bits per heavy atom. The molecule has 0 radical (unpaired) electrons. The molecule has 1 aromatic heterocycles. The molecule has 1 unspecified atom stereocenters. The molecule has 2 rings (SSSR count). The Morgan fingerprint density at radius 2 is 2.20 bits per heavy atom. The number of ether oxygens (including phenoxy) is 1. The summed E-state index contributed by atoms with van der Waals surface area (Å²) in [6.45, 7) is 9.83. The van der Waals surface area contributed by atoms with E-state index in [1.165, 1.54) is 0 Å². The van der Waals surface area contributed by atoms with Crippen LogP contribution in [0.3, 0.4) is 0 Å². The lowest BCUT2D eigenvalue weighted by Gasteiger charge is -2.29. The molecule has 1 aromatic rings. The number of hydrogen-bond donors (Lipinski definition) is 1. The van der Waals surface area contributed by atoms with Crippen molar-refractivity contribution in [2.24, 2.45) is 0 Å². The smallest absolute Gasteiger partial charge is 0.161 e. The largest absolute Gasteiger partial charge is 0.369 e. The fourth-order valence-electron chi connectivity index (χ4n) is 2.23. The first-order chi connectivity index (χ1) is 9.52. The molecule has 1 N–H and O–H groups in total. The third-order valence-electron chi connectivity index (χ3n) is 3.34. The van der Waals surface area contributed by atoms with Crippen molar-refractivity contribution in [3.63, 3.8) is 0 Å². The molecule has 1 aliphatic heterocycles. The zero-order valence-corrected chi connectivity index (χ0v) is 14.8. The molecule has 2 heterocycles. The van der Waals surface area contributed by atoms with Crippen molar-refractivity contribution in [3.8, 4) is 0 Å². The lowest BCUT2D eigenvalue weighted by molar-refractivity contribution is -0.0255. The van der Waals surface area contributed by atoms with Gasteiger partial charge in [-0.25, -0.2) is 9.97 Å². The molecule has 0 saturated carbocycles. The van der Waals surface area contributed by atoms with E-state index in [9.17, 15) is 0 Å². The molecule has 6 heteroatoms. The zero-order chi connectivity index (χ0) is 14.7. The highest BCUT2D eigenvalue weighted by atomic mass is 127. The maximum absolute atomic E-state index is 5.85. The first kappa shape index (κ1) is 15.9. The SMILES string of the molecule is CCNc1nc(C2CN(C)CCO2)nc(C(C)C)c1I. The molecule has 0 aliphatic carbocycles. The topological polar surface area (TPSA) is 50.3 Å². The first-order valence-corrected chi connectivity index (χ1v) is 8.22. The fourth-order valence-corrected chi connectivity index (χ4v) is 3.28. The van der Waals surface area contributed by atoms with Crippen molar-refractivity contribution in [1.29, 1.82) is 0 Å². The van der Waals surface area contributed by atoms with Crippen LogP contribution in [-0.4, -0.2) is 48.2 Å². The van der Waals surface area contributed by atoms with Crippen LogP contribution in [-0.2, 0) is 4.74 Å². The number of rotatable bonds is 4. The van der Waals surface area contributed by atoms with Gasteiger partial charge in [-0.05, 0) is 42.5 Å². The van der Waals surface area contributed by atoms with Crippen LogP contribution in [0.5, 0.6) is 0 Å². The number of anilines is 1. The van der Waals surface area contributed by atoms with Crippen LogP contribution in [0.15, 0.2) is 0 Å². The van der Waals surface area contributed by atoms with Gasteiger partial charge >= 0.3 is 0 Å². The number of likely N-dealkylation sites (N-methyl/N-ethyl adjacent to an activating group) is 1. The van der Waals surface area contributed by atoms with Crippen LogP contribution in [0.1, 0.15) is 44.3 Å². The Balaban J connectivity index is 2.36. The second-order valence-corrected chi connectivity index (χ2v) is 6.52. The minimum absolute atomic E-state index is 0.0272. The molecule has 1 aliphatic rings. The lowest BCUT2D eigenvalue weighted by Crippen LogP contribution is -2.36. The van der Waals surface area contributed by atoms with Crippen molar-refractivity contribution in [1.82, 2.24) is 14.9 Å². The molecule has 1 atom stereocenters. The predicted octanol–water partition coefficient (Wildman–Crippen LogP) is 2.64. The van der Waals surface area contributed by atoms with Gasteiger partial charge in [0.05, 0.1) is 15.9 Å². The van der Waals surface area contributed by atoms with Gasteiger partial charge < -0.3 is 15.0 Å². The second-order valence-electron chi connectivity index (χ2n) is 5.44. The van der Waals surface area contributed by atoms with Gasteiger partial charge in [0.2, 0.25) is 0 Å². The zero-order valence-electron chi connectivity index (χ0n) is 12.6. The quantitative estimate of drug-likeness (QED) is 0.802. The highest BCUT2D eigenvalue weighted by molar-refractivity contribution is 14.1.